The topological polar surface area (TPSA) is 144 Å². The number of benzene rings is 1. The average Bonchev–Trinajstić information content (AvgIpc) is 3.27. The minimum atomic E-state index is -3.42. The molecule has 4 rings (SSSR count). The highest BCUT2D eigenvalue weighted by Crippen LogP contribution is 2.50. The summed E-state index contributed by atoms with van der Waals surface area (Å²) in [6.07, 6.45) is 1.56. The van der Waals surface area contributed by atoms with Crippen molar-refractivity contribution in [1.82, 2.24) is 14.5 Å². The molecule has 1 aliphatic carbocycles. The third-order valence-corrected chi connectivity index (χ3v) is 11.0. The summed E-state index contributed by atoms with van der Waals surface area (Å²) >= 11 is 0. The summed E-state index contributed by atoms with van der Waals surface area (Å²) in [5, 5.41) is 5.71. The van der Waals surface area contributed by atoms with Gasteiger partial charge in [-0.1, -0.05) is 19.9 Å². The molecule has 0 bridgehead atoms. The first-order valence-corrected chi connectivity index (χ1v) is 17.6. The van der Waals surface area contributed by atoms with E-state index in [-0.39, 0.29) is 55.0 Å². The Kier molecular flexibility index (Phi) is 11.4. The van der Waals surface area contributed by atoms with E-state index >= 15 is 0 Å². The second-order valence-corrected chi connectivity index (χ2v) is 15.2. The molecule has 0 spiro atoms. The van der Waals surface area contributed by atoms with Crippen LogP contribution in [0.4, 0.5) is 5.69 Å². The minimum absolute atomic E-state index is 0.131. The van der Waals surface area contributed by atoms with Crippen molar-refractivity contribution < 1.29 is 32.2 Å². The van der Waals surface area contributed by atoms with Gasteiger partial charge in [0.2, 0.25) is 33.0 Å². The molecule has 0 aromatic heterocycles. The molecule has 258 valence electrons. The molecular weight excluding hydrogens is 624 g/mol. The van der Waals surface area contributed by atoms with E-state index in [2.05, 4.69) is 10.6 Å². The highest BCUT2D eigenvalue weighted by Gasteiger charge is 2.34. The monoisotopic (exact) mass is 672 g/mol. The first-order valence-electron chi connectivity index (χ1n) is 16.0. The van der Waals surface area contributed by atoms with E-state index in [1.54, 1.807) is 39.0 Å². The lowest BCUT2D eigenvalue weighted by Crippen LogP contribution is -2.55. The Bertz CT molecular complexity index is 1650. The predicted octanol–water partition coefficient (Wildman–Crippen LogP) is 3.57. The summed E-state index contributed by atoms with van der Waals surface area (Å²) in [6.45, 7) is 9.72. The SMILES string of the molecule is COc1cc2c(c(OC)c1OC)-c1ccc(NC(CC(C)C)C(=O)N3CCN(S(=O)(=O)C(C)C)CC3)c(=O)cc1C(NC(C)=O)CC2. The van der Waals surface area contributed by atoms with Gasteiger partial charge in [-0.3, -0.25) is 14.4 Å². The number of fused-ring (bicyclic) bond motifs is 3. The third-order valence-electron chi connectivity index (χ3n) is 8.76. The zero-order valence-corrected chi connectivity index (χ0v) is 29.5. The Balaban J connectivity index is 1.77. The molecule has 1 fully saturated rings. The second kappa shape index (κ2) is 14.9. The number of amides is 2. The second-order valence-electron chi connectivity index (χ2n) is 12.7. The number of aryl methyl sites for hydroxylation is 1. The number of ether oxygens (including phenoxy) is 3. The zero-order valence-electron chi connectivity index (χ0n) is 28.6. The molecule has 1 saturated heterocycles. The van der Waals surface area contributed by atoms with Gasteiger partial charge in [-0.25, -0.2) is 8.42 Å². The lowest BCUT2D eigenvalue weighted by Gasteiger charge is -2.37. The first kappa shape index (κ1) is 36.0. The first-order chi connectivity index (χ1) is 22.2. The van der Waals surface area contributed by atoms with Crippen molar-refractivity contribution in [3.05, 3.63) is 45.6 Å². The summed E-state index contributed by atoms with van der Waals surface area (Å²) in [7, 11) is 1.21. The van der Waals surface area contributed by atoms with Crippen LogP contribution in [0, 0.1) is 5.92 Å². The zero-order chi connectivity index (χ0) is 34.6. The van der Waals surface area contributed by atoms with Gasteiger partial charge in [0, 0.05) is 38.7 Å². The molecule has 2 atom stereocenters. The van der Waals surface area contributed by atoms with Gasteiger partial charge in [0.25, 0.3) is 0 Å². The Morgan fingerprint density at radius 1 is 0.957 bits per heavy atom. The molecule has 1 heterocycles. The molecule has 0 saturated carbocycles. The fourth-order valence-corrected chi connectivity index (χ4v) is 7.66. The normalized spacial score (nSPS) is 17.3. The maximum atomic E-state index is 13.9. The van der Waals surface area contributed by atoms with Gasteiger partial charge in [0.15, 0.2) is 11.5 Å². The van der Waals surface area contributed by atoms with Crippen LogP contribution in [0.5, 0.6) is 17.2 Å². The number of sulfonamides is 1. The molecule has 13 heteroatoms. The number of nitrogens with zero attached hydrogens (tertiary/aromatic N) is 2. The van der Waals surface area contributed by atoms with Gasteiger partial charge in [-0.2, -0.15) is 4.31 Å². The van der Waals surface area contributed by atoms with Crippen molar-refractivity contribution in [2.24, 2.45) is 5.92 Å². The number of rotatable bonds is 11. The molecule has 2 unspecified atom stereocenters. The van der Waals surface area contributed by atoms with Crippen LogP contribution in [0.2, 0.25) is 0 Å². The van der Waals surface area contributed by atoms with Gasteiger partial charge in [-0.15, -0.1) is 0 Å². The lowest BCUT2D eigenvalue weighted by molar-refractivity contribution is -0.133. The van der Waals surface area contributed by atoms with Crippen LogP contribution < -0.4 is 30.3 Å². The summed E-state index contributed by atoms with van der Waals surface area (Å²) in [5.74, 6) is 1.08. The fourth-order valence-electron chi connectivity index (χ4n) is 6.39. The number of carbonyl (C=O) groups excluding carboxylic acids is 2. The maximum absolute atomic E-state index is 13.9. The van der Waals surface area contributed by atoms with Crippen LogP contribution in [-0.4, -0.2) is 88.2 Å². The van der Waals surface area contributed by atoms with Gasteiger partial charge < -0.3 is 29.7 Å². The number of nitrogens with one attached hydrogen (secondary N) is 2. The Hall–Kier alpha value is -3.84. The Morgan fingerprint density at radius 3 is 2.17 bits per heavy atom. The van der Waals surface area contributed by atoms with E-state index in [0.717, 1.165) is 11.1 Å². The van der Waals surface area contributed by atoms with Crippen molar-refractivity contribution in [2.75, 3.05) is 52.8 Å². The van der Waals surface area contributed by atoms with Crippen LogP contribution in [-0.2, 0) is 26.0 Å². The van der Waals surface area contributed by atoms with E-state index in [1.807, 2.05) is 26.0 Å². The summed E-state index contributed by atoms with van der Waals surface area (Å²) in [6, 6.07) is 5.73. The minimum Gasteiger partial charge on any atom is -0.493 e. The van der Waals surface area contributed by atoms with Crippen molar-refractivity contribution in [1.29, 1.82) is 0 Å². The predicted molar refractivity (Wildman–Crippen MR) is 182 cm³/mol. The molecular formula is C34H48N4O8S. The molecule has 2 aliphatic rings. The maximum Gasteiger partial charge on any atom is 0.245 e. The number of methoxy groups -OCH3 is 3. The highest BCUT2D eigenvalue weighted by atomic mass is 32.2. The molecule has 1 aliphatic heterocycles. The quantitative estimate of drug-likeness (QED) is 0.366. The van der Waals surface area contributed by atoms with Crippen molar-refractivity contribution in [2.45, 2.75) is 71.2 Å². The Morgan fingerprint density at radius 2 is 1.62 bits per heavy atom. The molecule has 2 N–H and O–H groups in total. The van der Waals surface area contributed by atoms with Gasteiger partial charge in [0.1, 0.15) is 6.04 Å². The molecule has 2 aromatic carbocycles. The van der Waals surface area contributed by atoms with E-state index in [9.17, 15) is 22.8 Å². The highest BCUT2D eigenvalue weighted by molar-refractivity contribution is 7.89. The molecule has 0 radical (unpaired) electrons. The largest absolute Gasteiger partial charge is 0.493 e. The standard InChI is InChI=1S/C34H48N4O8S/c1-20(2)17-28(34(41)37-13-15-38(16-14-37)47(42,43)21(3)4)36-27-12-10-24-25(19-29(27)40)26(35-22(5)39)11-9-23-18-30(44-6)32(45-7)33(46-8)31(23)24/h10,12,18-21,26,28H,9,11,13-17H2,1-8H3,(H,35,39)(H,36,40). The number of hydrogen-bond donors (Lipinski definition) is 2. The van der Waals surface area contributed by atoms with Crippen LogP contribution in [0.1, 0.15) is 64.6 Å². The fraction of sp³-hybridized carbons (Fsp3) is 0.559. The van der Waals surface area contributed by atoms with E-state index in [4.69, 9.17) is 14.2 Å². The summed E-state index contributed by atoms with van der Waals surface area (Å²) in [4.78, 5) is 41.8. The summed E-state index contributed by atoms with van der Waals surface area (Å²) < 4.78 is 43.9. The average molecular weight is 673 g/mol. The van der Waals surface area contributed by atoms with Crippen molar-refractivity contribution >= 4 is 27.5 Å². The van der Waals surface area contributed by atoms with Crippen molar-refractivity contribution in [3.63, 3.8) is 0 Å². The Labute approximate surface area is 277 Å². The van der Waals surface area contributed by atoms with E-state index < -0.39 is 27.4 Å². The number of anilines is 1. The molecule has 47 heavy (non-hydrogen) atoms. The summed E-state index contributed by atoms with van der Waals surface area (Å²) in [5.41, 5.74) is 2.86. The third kappa shape index (κ3) is 7.67. The number of carbonyl (C=O) groups is 2. The van der Waals surface area contributed by atoms with Crippen LogP contribution in [0.25, 0.3) is 11.1 Å². The van der Waals surface area contributed by atoms with Gasteiger partial charge >= 0.3 is 0 Å². The number of piperazine rings is 1. The van der Waals surface area contributed by atoms with Gasteiger partial charge in [0.05, 0.1) is 38.3 Å². The van der Waals surface area contributed by atoms with Gasteiger partial charge in [-0.05, 0) is 73.9 Å². The van der Waals surface area contributed by atoms with Crippen LogP contribution in [0.3, 0.4) is 0 Å². The number of hydrogen-bond acceptors (Lipinski definition) is 9. The van der Waals surface area contributed by atoms with E-state index in [1.165, 1.54) is 24.4 Å². The molecule has 12 nitrogen and oxygen atoms in total. The van der Waals surface area contributed by atoms with Crippen molar-refractivity contribution in [3.8, 4) is 28.4 Å². The molecule has 2 aromatic rings. The lowest BCUT2D eigenvalue weighted by atomic mass is 9.95. The smallest absolute Gasteiger partial charge is 0.245 e. The molecule has 2 amide bonds. The van der Waals surface area contributed by atoms with E-state index in [0.29, 0.717) is 47.6 Å². The van der Waals surface area contributed by atoms with Crippen LogP contribution in [0.15, 0.2) is 29.1 Å². The van der Waals surface area contributed by atoms with Crippen LogP contribution >= 0.6 is 0 Å².